The minimum Gasteiger partial charge on any atom is -0.400 e. The lowest BCUT2D eigenvalue weighted by atomic mass is 9.61. The number of nitrogens with zero attached hydrogens (tertiary/aromatic N) is 1. The molecule has 2 fully saturated rings. The Labute approximate surface area is 250 Å². The summed E-state index contributed by atoms with van der Waals surface area (Å²) in [5.74, 6) is 0. The van der Waals surface area contributed by atoms with E-state index in [1.54, 1.807) is 0 Å². The molecule has 0 aliphatic carbocycles. The van der Waals surface area contributed by atoms with Gasteiger partial charge >= 0.3 is 20.4 Å². The van der Waals surface area contributed by atoms with E-state index in [1.165, 1.54) is 0 Å². The number of alkyl halides is 3. The standard InChI is InChI=1S/C30H46B2F3NO5Si/c1-26(2)27(3,4)39-31(38-26)23(19-30(33,34)35)25(32-40-28(5,6)29(7,8)41-32)22-12-13-24-21(18-22)14-15-36(24)20-37-16-17-42(9,10)11/h12-15,18H,16-17,19-20H2,1-11H3. The van der Waals surface area contributed by atoms with E-state index >= 15 is 0 Å². The van der Waals surface area contributed by atoms with Crippen molar-refractivity contribution >= 4 is 38.7 Å². The van der Waals surface area contributed by atoms with Crippen LogP contribution >= 0.6 is 0 Å². The molecule has 2 aliphatic rings. The number of hydrogen-bond acceptors (Lipinski definition) is 5. The summed E-state index contributed by atoms with van der Waals surface area (Å²) >= 11 is 0. The van der Waals surface area contributed by atoms with Crippen molar-refractivity contribution in [3.63, 3.8) is 0 Å². The number of rotatable bonds is 9. The molecule has 232 valence electrons. The summed E-state index contributed by atoms with van der Waals surface area (Å²) < 4.78 is 75.8. The Bertz CT molecular complexity index is 1300. The normalized spacial score (nSPS) is 22.2. The number of hydrogen-bond donors (Lipinski definition) is 0. The van der Waals surface area contributed by atoms with Crippen molar-refractivity contribution in [1.29, 1.82) is 0 Å². The molecule has 0 radical (unpaired) electrons. The summed E-state index contributed by atoms with van der Waals surface area (Å²) in [6.45, 7) is 22.9. The molecule has 0 spiro atoms. The Morgan fingerprint density at radius 1 is 0.833 bits per heavy atom. The average molecular weight is 607 g/mol. The maximum Gasteiger partial charge on any atom is 0.494 e. The fraction of sp³-hybridized carbons (Fsp3) is 0.667. The molecule has 0 bridgehead atoms. The topological polar surface area (TPSA) is 51.1 Å². The first-order chi connectivity index (χ1) is 19.0. The third kappa shape index (κ3) is 7.05. The Morgan fingerprint density at radius 3 is 1.86 bits per heavy atom. The largest absolute Gasteiger partial charge is 0.494 e. The second-order valence-electron chi connectivity index (χ2n) is 14.8. The zero-order valence-corrected chi connectivity index (χ0v) is 28.0. The summed E-state index contributed by atoms with van der Waals surface area (Å²) in [7, 11) is -3.50. The summed E-state index contributed by atoms with van der Waals surface area (Å²) in [4.78, 5) is 0. The van der Waals surface area contributed by atoms with Crippen LogP contribution in [-0.4, -0.2) is 62.1 Å². The molecule has 0 unspecified atom stereocenters. The van der Waals surface area contributed by atoms with Crippen LogP contribution in [0.1, 0.15) is 67.4 Å². The lowest BCUT2D eigenvalue weighted by Crippen LogP contribution is -2.41. The Morgan fingerprint density at radius 2 is 1.36 bits per heavy atom. The fourth-order valence-electron chi connectivity index (χ4n) is 4.96. The van der Waals surface area contributed by atoms with Gasteiger partial charge in [0.25, 0.3) is 0 Å². The van der Waals surface area contributed by atoms with Crippen LogP contribution in [0.3, 0.4) is 0 Å². The number of benzene rings is 1. The Balaban J connectivity index is 1.81. The highest BCUT2D eigenvalue weighted by atomic mass is 28.3. The van der Waals surface area contributed by atoms with Gasteiger partial charge in [-0.05, 0) is 96.1 Å². The van der Waals surface area contributed by atoms with Gasteiger partial charge in [-0.3, -0.25) is 0 Å². The molecule has 2 aromatic rings. The highest BCUT2D eigenvalue weighted by Gasteiger charge is 2.58. The zero-order valence-electron chi connectivity index (χ0n) is 27.0. The molecule has 0 N–H and O–H groups in total. The van der Waals surface area contributed by atoms with E-state index in [-0.39, 0.29) is 10.9 Å². The number of aromatic nitrogens is 1. The van der Waals surface area contributed by atoms with Crippen LogP contribution in [-0.2, 0) is 30.1 Å². The first-order valence-electron chi connectivity index (χ1n) is 14.7. The Hall–Kier alpha value is -1.56. The SMILES string of the molecule is CC1(C)OB(C(CC(F)(F)F)=C(B2OC(C)(C)C(C)(C)O2)c2ccc3c(ccn3COCC[Si](C)(C)C)c2)OC1(C)C. The first-order valence-corrected chi connectivity index (χ1v) is 18.4. The van der Waals surface area contributed by atoms with Gasteiger partial charge in [-0.25, -0.2) is 0 Å². The van der Waals surface area contributed by atoms with Crippen LogP contribution in [0, 0.1) is 0 Å². The zero-order chi connectivity index (χ0) is 31.5. The van der Waals surface area contributed by atoms with Crippen molar-refractivity contribution in [3.05, 3.63) is 41.5 Å². The lowest BCUT2D eigenvalue weighted by Gasteiger charge is -2.32. The number of halogens is 3. The van der Waals surface area contributed by atoms with Gasteiger partial charge in [0, 0.05) is 26.3 Å². The monoisotopic (exact) mass is 607 g/mol. The van der Waals surface area contributed by atoms with Crippen molar-refractivity contribution in [2.45, 2.75) is 123 Å². The number of fused-ring (bicyclic) bond motifs is 1. The van der Waals surface area contributed by atoms with Crippen LogP contribution in [0.4, 0.5) is 13.2 Å². The van der Waals surface area contributed by atoms with E-state index in [9.17, 15) is 13.2 Å². The van der Waals surface area contributed by atoms with Crippen molar-refractivity contribution in [2.24, 2.45) is 0 Å². The molecular weight excluding hydrogens is 561 g/mol. The fourth-order valence-corrected chi connectivity index (χ4v) is 5.72. The van der Waals surface area contributed by atoms with E-state index in [2.05, 4.69) is 19.6 Å². The van der Waals surface area contributed by atoms with Crippen LogP contribution < -0.4 is 0 Å². The van der Waals surface area contributed by atoms with Gasteiger partial charge in [0.2, 0.25) is 0 Å². The van der Waals surface area contributed by atoms with Gasteiger partial charge in [-0.2, -0.15) is 13.2 Å². The number of allylic oxidation sites excluding steroid dienone is 1. The van der Waals surface area contributed by atoms with Crippen LogP contribution in [0.5, 0.6) is 0 Å². The minimum atomic E-state index is -4.52. The second kappa shape index (κ2) is 11.1. The lowest BCUT2D eigenvalue weighted by molar-refractivity contribution is -0.126. The van der Waals surface area contributed by atoms with Gasteiger partial charge in [0.05, 0.1) is 34.3 Å². The van der Waals surface area contributed by atoms with Crippen molar-refractivity contribution in [3.8, 4) is 0 Å². The molecule has 1 aromatic heterocycles. The van der Waals surface area contributed by atoms with Gasteiger partial charge in [0.1, 0.15) is 6.73 Å². The molecule has 0 atom stereocenters. The van der Waals surface area contributed by atoms with Gasteiger partial charge in [-0.1, -0.05) is 25.7 Å². The van der Waals surface area contributed by atoms with Crippen LogP contribution in [0.25, 0.3) is 16.4 Å². The summed E-state index contributed by atoms with van der Waals surface area (Å²) in [6.07, 6.45) is -3.81. The van der Waals surface area contributed by atoms with Crippen LogP contribution in [0.2, 0.25) is 25.7 Å². The highest BCUT2D eigenvalue weighted by Crippen LogP contribution is 2.46. The third-order valence-corrected chi connectivity index (χ3v) is 10.8. The van der Waals surface area contributed by atoms with E-state index < -0.39 is 57.3 Å². The predicted molar refractivity (Wildman–Crippen MR) is 166 cm³/mol. The van der Waals surface area contributed by atoms with E-state index in [0.29, 0.717) is 18.9 Å². The van der Waals surface area contributed by atoms with Gasteiger partial charge < -0.3 is 27.9 Å². The quantitative estimate of drug-likeness (QED) is 0.214. The number of ether oxygens (including phenoxy) is 1. The molecule has 0 amide bonds. The summed E-state index contributed by atoms with van der Waals surface area (Å²) in [5.41, 5.74) is -1.46. The molecule has 1 aromatic carbocycles. The molecule has 0 saturated carbocycles. The van der Waals surface area contributed by atoms with Crippen LogP contribution in [0.15, 0.2) is 35.9 Å². The van der Waals surface area contributed by atoms with Crippen molar-refractivity contribution < 1.29 is 36.5 Å². The molecule has 12 heteroatoms. The summed E-state index contributed by atoms with van der Waals surface area (Å²) in [5, 5.41) is 0.871. The maximum atomic E-state index is 14.2. The second-order valence-corrected chi connectivity index (χ2v) is 20.4. The maximum absolute atomic E-state index is 14.2. The molecule has 2 aliphatic heterocycles. The molecule has 42 heavy (non-hydrogen) atoms. The van der Waals surface area contributed by atoms with E-state index in [1.807, 2.05) is 90.4 Å². The molecule has 3 heterocycles. The minimum absolute atomic E-state index is 0.0480. The molecule has 4 rings (SSSR count). The van der Waals surface area contributed by atoms with Gasteiger partial charge in [0.15, 0.2) is 0 Å². The predicted octanol–water partition coefficient (Wildman–Crippen LogP) is 7.92. The smallest absolute Gasteiger partial charge is 0.400 e. The molecule has 6 nitrogen and oxygen atoms in total. The van der Waals surface area contributed by atoms with E-state index in [4.69, 9.17) is 23.4 Å². The van der Waals surface area contributed by atoms with E-state index in [0.717, 1.165) is 16.9 Å². The third-order valence-electron chi connectivity index (χ3n) is 9.07. The Kier molecular flexibility index (Phi) is 8.81. The van der Waals surface area contributed by atoms with Crippen molar-refractivity contribution in [2.75, 3.05) is 6.61 Å². The summed E-state index contributed by atoms with van der Waals surface area (Å²) in [6, 6.07) is 8.63. The molecule has 2 saturated heterocycles. The van der Waals surface area contributed by atoms with Gasteiger partial charge in [-0.15, -0.1) is 0 Å². The highest BCUT2D eigenvalue weighted by molar-refractivity contribution is 6.76. The van der Waals surface area contributed by atoms with Crippen molar-refractivity contribution in [1.82, 2.24) is 4.57 Å². The first kappa shape index (κ1) is 33.3. The average Bonchev–Trinajstić information content (AvgIpc) is 3.37. The molecular formula is C30H46B2F3NO5Si.